The van der Waals surface area contributed by atoms with Crippen LogP contribution in [-0.2, 0) is 14.3 Å². The number of rotatable bonds is 6. The molecule has 1 aliphatic heterocycles. The van der Waals surface area contributed by atoms with E-state index in [0.29, 0.717) is 23.4 Å². The molecule has 2 N–H and O–H groups in total. The Balaban J connectivity index is 2.21. The molecule has 1 aliphatic rings. The molecular weight excluding hydrogens is 406 g/mol. The van der Waals surface area contributed by atoms with Gasteiger partial charge in [-0.25, -0.2) is 9.78 Å². The van der Waals surface area contributed by atoms with Crippen molar-refractivity contribution in [3.8, 4) is 11.8 Å². The number of hydrogen-bond donors (Lipinski definition) is 1. The third-order valence-corrected chi connectivity index (χ3v) is 4.85. The molecule has 0 aliphatic carbocycles. The molecule has 0 saturated heterocycles. The second-order valence-corrected chi connectivity index (χ2v) is 6.80. The standard InChI is InChI=1S/C22H20ClN3O4/c1-4-8-29-22(27)18-12(3)30-21(25)16(11-24)19(18)15-10-13-9-14(28-5-2)6-7-17(13)26-20(15)23/h4,6-7,9-10,19H,1,5,8,25H2,2-3H3/t19-/m0/s1. The van der Waals surface area contributed by atoms with Gasteiger partial charge in [0.2, 0.25) is 5.88 Å². The summed E-state index contributed by atoms with van der Waals surface area (Å²) < 4.78 is 16.2. The second kappa shape index (κ2) is 8.89. The lowest BCUT2D eigenvalue weighted by molar-refractivity contribution is -0.138. The Morgan fingerprint density at radius 2 is 2.23 bits per heavy atom. The van der Waals surface area contributed by atoms with Gasteiger partial charge in [0, 0.05) is 10.9 Å². The van der Waals surface area contributed by atoms with Crippen LogP contribution in [0, 0.1) is 11.3 Å². The van der Waals surface area contributed by atoms with Crippen molar-refractivity contribution in [2.45, 2.75) is 19.8 Å². The molecule has 1 aromatic carbocycles. The van der Waals surface area contributed by atoms with Crippen molar-refractivity contribution in [1.82, 2.24) is 4.98 Å². The first kappa shape index (κ1) is 21.2. The summed E-state index contributed by atoms with van der Waals surface area (Å²) in [6, 6.07) is 9.19. The van der Waals surface area contributed by atoms with Crippen LogP contribution in [0.1, 0.15) is 25.3 Å². The van der Waals surface area contributed by atoms with Gasteiger partial charge in [0.25, 0.3) is 0 Å². The van der Waals surface area contributed by atoms with Gasteiger partial charge in [0.1, 0.15) is 34.9 Å². The number of carbonyl (C=O) groups excluding carboxylic acids is 1. The highest BCUT2D eigenvalue weighted by atomic mass is 35.5. The summed E-state index contributed by atoms with van der Waals surface area (Å²) in [7, 11) is 0. The van der Waals surface area contributed by atoms with E-state index >= 15 is 0 Å². The van der Waals surface area contributed by atoms with E-state index in [-0.39, 0.29) is 34.5 Å². The van der Waals surface area contributed by atoms with Crippen LogP contribution >= 0.6 is 11.6 Å². The average molecular weight is 426 g/mol. The van der Waals surface area contributed by atoms with Crippen molar-refractivity contribution >= 4 is 28.5 Å². The molecule has 154 valence electrons. The van der Waals surface area contributed by atoms with Crippen molar-refractivity contribution in [2.24, 2.45) is 5.73 Å². The van der Waals surface area contributed by atoms with Gasteiger partial charge in [-0.1, -0.05) is 24.3 Å². The number of aromatic nitrogens is 1. The fourth-order valence-electron chi connectivity index (χ4n) is 3.28. The molecule has 2 heterocycles. The van der Waals surface area contributed by atoms with Gasteiger partial charge in [-0.15, -0.1) is 0 Å². The zero-order chi connectivity index (χ0) is 21.8. The number of nitrogens with two attached hydrogens (primary N) is 1. The maximum absolute atomic E-state index is 12.8. The van der Waals surface area contributed by atoms with Crippen LogP contribution in [0.5, 0.6) is 5.75 Å². The number of carbonyl (C=O) groups is 1. The molecule has 3 rings (SSSR count). The molecule has 1 atom stereocenters. The summed E-state index contributed by atoms with van der Waals surface area (Å²) in [5.41, 5.74) is 7.21. The molecule has 0 saturated carbocycles. The number of hydrogen-bond acceptors (Lipinski definition) is 7. The minimum Gasteiger partial charge on any atom is -0.494 e. The molecule has 0 radical (unpaired) electrons. The van der Waals surface area contributed by atoms with Crippen molar-refractivity contribution in [1.29, 1.82) is 5.26 Å². The molecule has 7 nitrogen and oxygen atoms in total. The molecular formula is C22H20ClN3O4. The zero-order valence-electron chi connectivity index (χ0n) is 16.6. The average Bonchev–Trinajstić information content (AvgIpc) is 2.71. The molecule has 0 bridgehead atoms. The van der Waals surface area contributed by atoms with Gasteiger partial charge < -0.3 is 19.9 Å². The number of benzene rings is 1. The molecule has 0 amide bonds. The first-order valence-corrected chi connectivity index (χ1v) is 9.58. The van der Waals surface area contributed by atoms with Crippen LogP contribution in [0.25, 0.3) is 10.9 Å². The third kappa shape index (κ3) is 3.95. The predicted octanol–water partition coefficient (Wildman–Crippen LogP) is 4.10. The van der Waals surface area contributed by atoms with Gasteiger partial charge in [-0.3, -0.25) is 0 Å². The monoisotopic (exact) mass is 425 g/mol. The SMILES string of the molecule is C=CCOC(=O)C1=C(C)OC(N)=C(C#N)[C@@H]1c1cc2cc(OCC)ccc2nc1Cl. The lowest BCUT2D eigenvalue weighted by Gasteiger charge is -2.27. The van der Waals surface area contributed by atoms with Gasteiger partial charge in [0.05, 0.1) is 23.6 Å². The Morgan fingerprint density at radius 3 is 2.90 bits per heavy atom. The van der Waals surface area contributed by atoms with Gasteiger partial charge in [-0.2, -0.15) is 5.26 Å². The van der Waals surface area contributed by atoms with Crippen molar-refractivity contribution < 1.29 is 19.0 Å². The Hall–Kier alpha value is -3.50. The number of nitrogens with zero attached hydrogens (tertiary/aromatic N) is 2. The quantitative estimate of drug-likeness (QED) is 0.421. The number of allylic oxidation sites excluding steroid dienone is 2. The first-order chi connectivity index (χ1) is 14.4. The first-order valence-electron chi connectivity index (χ1n) is 9.20. The largest absolute Gasteiger partial charge is 0.494 e. The number of esters is 1. The number of ether oxygens (including phenoxy) is 3. The fourth-order valence-corrected chi connectivity index (χ4v) is 3.53. The van der Waals surface area contributed by atoms with Gasteiger partial charge in [-0.05, 0) is 38.1 Å². The smallest absolute Gasteiger partial charge is 0.338 e. The van der Waals surface area contributed by atoms with Crippen LogP contribution in [0.3, 0.4) is 0 Å². The number of pyridine rings is 1. The summed E-state index contributed by atoms with van der Waals surface area (Å²) in [4.78, 5) is 17.2. The molecule has 0 spiro atoms. The van der Waals surface area contributed by atoms with E-state index in [9.17, 15) is 10.1 Å². The Bertz CT molecular complexity index is 1130. The summed E-state index contributed by atoms with van der Waals surface area (Å²) in [5.74, 6) is -0.748. The Kier molecular flexibility index (Phi) is 6.28. The topological polar surface area (TPSA) is 107 Å². The lowest BCUT2D eigenvalue weighted by Crippen LogP contribution is -2.26. The molecule has 30 heavy (non-hydrogen) atoms. The second-order valence-electron chi connectivity index (χ2n) is 6.44. The highest BCUT2D eigenvalue weighted by Gasteiger charge is 2.37. The zero-order valence-corrected chi connectivity index (χ0v) is 17.3. The van der Waals surface area contributed by atoms with E-state index in [4.69, 9.17) is 31.5 Å². The van der Waals surface area contributed by atoms with Gasteiger partial charge >= 0.3 is 5.97 Å². The minimum absolute atomic E-state index is 0.00480. The van der Waals surface area contributed by atoms with E-state index in [2.05, 4.69) is 11.6 Å². The van der Waals surface area contributed by atoms with Gasteiger partial charge in [0.15, 0.2) is 0 Å². The fraction of sp³-hybridized carbons (Fsp3) is 0.227. The number of halogens is 1. The van der Waals surface area contributed by atoms with Crippen LogP contribution in [0.15, 0.2) is 59.7 Å². The van der Waals surface area contributed by atoms with E-state index in [1.54, 1.807) is 25.1 Å². The Morgan fingerprint density at radius 1 is 1.47 bits per heavy atom. The maximum atomic E-state index is 12.8. The van der Waals surface area contributed by atoms with E-state index in [1.807, 2.05) is 19.1 Å². The Labute approximate surface area is 179 Å². The van der Waals surface area contributed by atoms with E-state index in [1.165, 1.54) is 6.08 Å². The molecule has 2 aromatic rings. The maximum Gasteiger partial charge on any atom is 0.338 e. The summed E-state index contributed by atoms with van der Waals surface area (Å²) in [6.45, 7) is 7.52. The van der Waals surface area contributed by atoms with Crippen LogP contribution in [0.4, 0.5) is 0 Å². The molecule has 8 heteroatoms. The summed E-state index contributed by atoms with van der Waals surface area (Å²) >= 11 is 6.48. The molecule has 1 aromatic heterocycles. The van der Waals surface area contributed by atoms with Crippen molar-refractivity contribution in [3.05, 3.63) is 70.4 Å². The normalized spacial score (nSPS) is 16.1. The van der Waals surface area contributed by atoms with Crippen molar-refractivity contribution in [2.75, 3.05) is 13.2 Å². The molecule has 0 unspecified atom stereocenters. The molecule has 0 fully saturated rings. The predicted molar refractivity (Wildman–Crippen MR) is 112 cm³/mol. The van der Waals surface area contributed by atoms with E-state index < -0.39 is 11.9 Å². The highest BCUT2D eigenvalue weighted by Crippen LogP contribution is 2.42. The third-order valence-electron chi connectivity index (χ3n) is 4.55. The summed E-state index contributed by atoms with van der Waals surface area (Å²) in [5, 5.41) is 10.6. The van der Waals surface area contributed by atoms with Crippen LogP contribution in [0.2, 0.25) is 5.15 Å². The van der Waals surface area contributed by atoms with Crippen LogP contribution in [-0.4, -0.2) is 24.2 Å². The van der Waals surface area contributed by atoms with Crippen molar-refractivity contribution in [3.63, 3.8) is 0 Å². The van der Waals surface area contributed by atoms with E-state index in [0.717, 1.165) is 5.39 Å². The summed E-state index contributed by atoms with van der Waals surface area (Å²) in [6.07, 6.45) is 1.45. The lowest BCUT2D eigenvalue weighted by atomic mass is 9.83. The minimum atomic E-state index is -0.888. The highest BCUT2D eigenvalue weighted by molar-refractivity contribution is 6.30. The number of nitriles is 1. The number of fused-ring (bicyclic) bond motifs is 1. The van der Waals surface area contributed by atoms with Crippen LogP contribution < -0.4 is 10.5 Å².